The van der Waals surface area contributed by atoms with Crippen LogP contribution in [-0.2, 0) is 0 Å². The molecule has 0 saturated carbocycles. The quantitative estimate of drug-likeness (QED) is 0.156. The van der Waals surface area contributed by atoms with E-state index >= 15 is 0 Å². The second kappa shape index (κ2) is 22.1. The molecular weight excluding hydrogens is 378 g/mol. The maximum Gasteiger partial charge on any atom is 0.164 e. The molecule has 0 bridgehead atoms. The van der Waals surface area contributed by atoms with Crippen molar-refractivity contribution >= 4 is 17.0 Å². The molecule has 2 N–H and O–H groups in total. The first-order chi connectivity index (χ1) is 11.7. The van der Waals surface area contributed by atoms with E-state index in [0.717, 1.165) is 19.5 Å². The molecule has 0 rings (SSSR count). The summed E-state index contributed by atoms with van der Waals surface area (Å²) in [5.74, 6) is 0. The summed E-state index contributed by atoms with van der Waals surface area (Å²) in [4.78, 5) is 2.05. The van der Waals surface area contributed by atoms with Crippen LogP contribution in [0.2, 0.25) is 0 Å². The van der Waals surface area contributed by atoms with Crippen LogP contribution in [0.5, 0.6) is 0 Å². The molecule has 0 saturated heterocycles. The highest BCUT2D eigenvalue weighted by atomic mass is 79.9. The van der Waals surface area contributed by atoms with E-state index in [1.54, 1.807) is 0 Å². The van der Waals surface area contributed by atoms with Gasteiger partial charge in [-0.1, -0.05) is 96.5 Å². The first-order valence-electron chi connectivity index (χ1n) is 10.4. The Labute approximate surface area is 167 Å². The Morgan fingerprint density at radius 2 is 1.16 bits per heavy atom. The Morgan fingerprint density at radius 1 is 0.760 bits per heavy atom. The van der Waals surface area contributed by atoms with Crippen molar-refractivity contribution in [2.45, 2.75) is 103 Å². The van der Waals surface area contributed by atoms with E-state index < -0.39 is 6.29 Å². The second-order valence-electron chi connectivity index (χ2n) is 7.13. The fourth-order valence-electron chi connectivity index (χ4n) is 3.20. The van der Waals surface area contributed by atoms with Gasteiger partial charge in [-0.05, 0) is 13.0 Å². The van der Waals surface area contributed by atoms with Gasteiger partial charge in [0, 0.05) is 13.1 Å². The van der Waals surface area contributed by atoms with Crippen LogP contribution in [0.25, 0.3) is 0 Å². The molecule has 0 unspecified atom stereocenters. The Bertz CT molecular complexity index is 262. The van der Waals surface area contributed by atoms with Gasteiger partial charge in [-0.3, -0.25) is 4.90 Å². The Morgan fingerprint density at radius 3 is 1.52 bits per heavy atom. The molecule has 25 heavy (non-hydrogen) atoms. The number of halogens is 1. The van der Waals surface area contributed by atoms with Gasteiger partial charge >= 0.3 is 0 Å². The zero-order valence-electron chi connectivity index (χ0n) is 16.6. The molecule has 0 heterocycles. The molecule has 4 heteroatoms. The number of aliphatic hydroxyl groups excluding tert-OH is 1. The number of aliphatic hydroxyl groups is 2. The fourth-order valence-corrected chi connectivity index (χ4v) is 3.20. The summed E-state index contributed by atoms with van der Waals surface area (Å²) >= 11 is 0. The Kier molecular flexibility index (Phi) is 24.2. The topological polar surface area (TPSA) is 43.7 Å². The number of nitrogens with zero attached hydrogens (tertiary/aromatic N) is 1. The third kappa shape index (κ3) is 22.1. The van der Waals surface area contributed by atoms with Crippen molar-refractivity contribution in [1.29, 1.82) is 0 Å². The van der Waals surface area contributed by atoms with E-state index in [1.165, 1.54) is 83.5 Å². The van der Waals surface area contributed by atoms with Crippen LogP contribution in [0, 0.1) is 0 Å². The third-order valence-corrected chi connectivity index (χ3v) is 4.64. The molecule has 152 valence electrons. The lowest BCUT2D eigenvalue weighted by Crippen LogP contribution is -2.33. The lowest BCUT2D eigenvalue weighted by molar-refractivity contribution is -0.0596. The zero-order chi connectivity index (χ0) is 17.9. The average Bonchev–Trinajstić information content (AvgIpc) is 2.54. The number of rotatable bonds is 19. The van der Waals surface area contributed by atoms with E-state index in [9.17, 15) is 0 Å². The number of hydrogen-bond acceptors (Lipinski definition) is 3. The van der Waals surface area contributed by atoms with Crippen LogP contribution in [0.1, 0.15) is 96.8 Å². The Hall–Kier alpha value is 0.1000. The highest BCUT2D eigenvalue weighted by Gasteiger charge is 2.06. The van der Waals surface area contributed by atoms with Crippen LogP contribution >= 0.6 is 17.0 Å². The van der Waals surface area contributed by atoms with Crippen molar-refractivity contribution in [2.24, 2.45) is 0 Å². The summed E-state index contributed by atoms with van der Waals surface area (Å²) in [6.07, 6.45) is 19.7. The fraction of sp³-hybridized carbons (Fsp3) is 0.905. The molecular formula is C21H44BrNO2. The summed E-state index contributed by atoms with van der Waals surface area (Å²) in [5, 5.41) is 18.1. The van der Waals surface area contributed by atoms with Crippen LogP contribution in [-0.4, -0.2) is 41.0 Å². The molecule has 0 aliphatic heterocycles. The summed E-state index contributed by atoms with van der Waals surface area (Å²) in [7, 11) is 0. The molecule has 0 aromatic rings. The summed E-state index contributed by atoms with van der Waals surface area (Å²) in [6, 6.07) is 0. The molecule has 0 aromatic carbocycles. The smallest absolute Gasteiger partial charge is 0.164 e. The van der Waals surface area contributed by atoms with Crippen LogP contribution in [0.3, 0.4) is 0 Å². The predicted molar refractivity (Wildman–Crippen MR) is 115 cm³/mol. The van der Waals surface area contributed by atoms with Crippen LogP contribution < -0.4 is 0 Å². The standard InChI is InChI=1S/C21H43NO2.BrH/c1-3-5-6-7-8-9-10-11-12-13-14-15-16-17-19-22(18-4-2)20-21(23)24;/h4,21,23-24H,2-3,5-20H2,1H3;1H. The maximum absolute atomic E-state index is 9.04. The molecule has 0 spiro atoms. The molecule has 0 radical (unpaired) electrons. The van der Waals surface area contributed by atoms with Crippen molar-refractivity contribution in [3.05, 3.63) is 12.7 Å². The molecule has 0 atom stereocenters. The minimum absolute atomic E-state index is 0. The van der Waals surface area contributed by atoms with Gasteiger partial charge in [-0.2, -0.15) is 0 Å². The molecule has 0 aromatic heterocycles. The van der Waals surface area contributed by atoms with E-state index in [-0.39, 0.29) is 17.0 Å². The highest BCUT2D eigenvalue weighted by Crippen LogP contribution is 2.13. The SMILES string of the molecule is Br.C=CCN(CCCCCCCCCCCCCCCC)CC(O)O. The van der Waals surface area contributed by atoms with Gasteiger partial charge in [0.15, 0.2) is 6.29 Å². The number of hydrogen-bond donors (Lipinski definition) is 2. The van der Waals surface area contributed by atoms with Gasteiger partial charge < -0.3 is 10.2 Å². The van der Waals surface area contributed by atoms with Gasteiger partial charge in [-0.25, -0.2) is 0 Å². The van der Waals surface area contributed by atoms with Crippen molar-refractivity contribution in [1.82, 2.24) is 4.90 Å². The highest BCUT2D eigenvalue weighted by molar-refractivity contribution is 8.93. The molecule has 0 amide bonds. The minimum Gasteiger partial charge on any atom is -0.367 e. The maximum atomic E-state index is 9.04. The summed E-state index contributed by atoms with van der Waals surface area (Å²) < 4.78 is 0. The van der Waals surface area contributed by atoms with Crippen molar-refractivity contribution in [3.8, 4) is 0 Å². The van der Waals surface area contributed by atoms with Gasteiger partial charge in [0.25, 0.3) is 0 Å². The first kappa shape index (κ1) is 27.3. The van der Waals surface area contributed by atoms with E-state index in [1.807, 2.05) is 6.08 Å². The Balaban J connectivity index is 0. The zero-order valence-corrected chi connectivity index (χ0v) is 18.3. The monoisotopic (exact) mass is 421 g/mol. The average molecular weight is 422 g/mol. The predicted octanol–water partition coefficient (Wildman–Crippen LogP) is 5.84. The molecule has 0 aliphatic carbocycles. The van der Waals surface area contributed by atoms with Gasteiger partial charge in [-0.15, -0.1) is 23.6 Å². The largest absolute Gasteiger partial charge is 0.367 e. The lowest BCUT2D eigenvalue weighted by atomic mass is 10.0. The van der Waals surface area contributed by atoms with E-state index in [2.05, 4.69) is 18.4 Å². The van der Waals surface area contributed by atoms with Gasteiger partial charge in [0.1, 0.15) is 0 Å². The second-order valence-corrected chi connectivity index (χ2v) is 7.13. The lowest BCUT2D eigenvalue weighted by Gasteiger charge is -2.21. The first-order valence-corrected chi connectivity index (χ1v) is 10.4. The minimum atomic E-state index is -1.24. The van der Waals surface area contributed by atoms with E-state index in [4.69, 9.17) is 10.2 Å². The van der Waals surface area contributed by atoms with Crippen molar-refractivity contribution < 1.29 is 10.2 Å². The van der Waals surface area contributed by atoms with Crippen molar-refractivity contribution in [3.63, 3.8) is 0 Å². The molecule has 0 fully saturated rings. The van der Waals surface area contributed by atoms with Gasteiger partial charge in [0.2, 0.25) is 0 Å². The van der Waals surface area contributed by atoms with Crippen LogP contribution in [0.15, 0.2) is 12.7 Å². The summed E-state index contributed by atoms with van der Waals surface area (Å²) in [6.45, 7) is 7.98. The summed E-state index contributed by atoms with van der Waals surface area (Å²) in [5.41, 5.74) is 0. The third-order valence-electron chi connectivity index (χ3n) is 4.64. The molecule has 0 aliphatic rings. The number of unbranched alkanes of at least 4 members (excludes halogenated alkanes) is 13. The normalized spacial score (nSPS) is 11.1. The van der Waals surface area contributed by atoms with Crippen LogP contribution in [0.4, 0.5) is 0 Å². The van der Waals surface area contributed by atoms with E-state index in [0.29, 0.717) is 6.54 Å². The van der Waals surface area contributed by atoms with Gasteiger partial charge in [0.05, 0.1) is 0 Å². The molecule has 3 nitrogen and oxygen atoms in total. The van der Waals surface area contributed by atoms with Crippen molar-refractivity contribution in [2.75, 3.05) is 19.6 Å².